The minimum atomic E-state index is -0.931. The number of unbranched alkanes of at least 4 members (excludes halogenated alkanes) is 4. The van der Waals surface area contributed by atoms with Crippen molar-refractivity contribution >= 4 is 26.5 Å². The predicted molar refractivity (Wildman–Crippen MR) is 203 cm³/mol. The van der Waals surface area contributed by atoms with Crippen molar-refractivity contribution in [2.24, 2.45) is 11.8 Å². The zero-order valence-corrected chi connectivity index (χ0v) is 31.2. The lowest BCUT2D eigenvalue weighted by atomic mass is 9.87. The van der Waals surface area contributed by atoms with E-state index in [4.69, 9.17) is 35.9 Å². The molecule has 3 rings (SSSR count). The third-order valence-corrected chi connectivity index (χ3v) is 9.10. The van der Waals surface area contributed by atoms with Crippen molar-refractivity contribution in [1.82, 2.24) is 0 Å². The zero-order chi connectivity index (χ0) is 35.6. The first kappa shape index (κ1) is 46.9. The van der Waals surface area contributed by atoms with Gasteiger partial charge in [-0.2, -0.15) is 0 Å². The molecule has 2 aliphatic heterocycles. The Morgan fingerprint density at radius 2 is 1.32 bits per heavy atom. The molecule has 0 bridgehead atoms. The number of nitrogens with two attached hydrogens (primary N) is 1. The molecule has 2 fully saturated rings. The summed E-state index contributed by atoms with van der Waals surface area (Å²) < 4.78 is 22.5. The predicted octanol–water partition coefficient (Wildman–Crippen LogP) is 9.69. The van der Waals surface area contributed by atoms with Gasteiger partial charge < -0.3 is 29.5 Å². The van der Waals surface area contributed by atoms with Crippen LogP contribution >= 0.6 is 0 Å². The van der Waals surface area contributed by atoms with Crippen molar-refractivity contribution in [3.05, 3.63) is 41.9 Å². The van der Waals surface area contributed by atoms with Gasteiger partial charge in [0.25, 0.3) is 0 Å². The number of rotatable bonds is 11. The molecule has 1 aromatic carbocycles. The molecule has 2 heterocycles. The Kier molecular flexibility index (Phi) is 22.3. The fourth-order valence-electron chi connectivity index (χ4n) is 4.14. The molecule has 1 aromatic rings. The summed E-state index contributed by atoms with van der Waals surface area (Å²) in [6, 6.07) is 6.06. The molecule has 0 spiro atoms. The molecule has 3 N–H and O–H groups in total. The van der Waals surface area contributed by atoms with Gasteiger partial charge in [-0.15, -0.1) is 12.3 Å². The molecular weight excluding hydrogens is 588 g/mol. The maximum Gasteiger partial charge on any atom is 0.486 e. The van der Waals surface area contributed by atoms with Crippen molar-refractivity contribution < 1.29 is 28.5 Å². The van der Waals surface area contributed by atoms with E-state index in [2.05, 4.69) is 73.4 Å². The van der Waals surface area contributed by atoms with Gasteiger partial charge in [0, 0.05) is 11.6 Å². The zero-order valence-electron chi connectivity index (χ0n) is 31.2. The highest BCUT2D eigenvalue weighted by Gasteiger charge is 2.50. The van der Waals surface area contributed by atoms with Crippen LogP contribution in [0.4, 0.5) is 5.69 Å². The molecule has 2 saturated heterocycles. The summed E-state index contributed by atoms with van der Waals surface area (Å²) in [7, 11) is 0.239. The standard InChI is InChI=1S/C15H29BO2.C9H16.C7H7NO2.C6H13BO2.CH4/c1-7-8-9-10-13(2)11-12-16-17-14(3,4)15(5,6)18-16;1-4-6-7-8-9(3)5-2;8-6-3-1-5(2-4-6)7(9)10;1-5(2)6(3,4)9-7-8-5;/h11-13H,7-10H2,1-6H3;2,9H,4,6-8H2,1,3H3;1-4H,8H2,(H,9,10);7H,1-4H3;1H4/b12-11+;;;;/t13-;9-;;;/m01.../s1. The summed E-state index contributed by atoms with van der Waals surface area (Å²) in [4.78, 5) is 10.3. The second-order valence-electron chi connectivity index (χ2n) is 14.4. The Labute approximate surface area is 290 Å². The first-order chi connectivity index (χ1) is 21.2. The van der Waals surface area contributed by atoms with Crippen molar-refractivity contribution in [1.29, 1.82) is 0 Å². The third kappa shape index (κ3) is 18.2. The van der Waals surface area contributed by atoms with Gasteiger partial charge in [-0.3, -0.25) is 0 Å². The van der Waals surface area contributed by atoms with Crippen LogP contribution in [0.15, 0.2) is 36.3 Å². The number of carbonyl (C=O) groups is 1. The monoisotopic (exact) mass is 658 g/mol. The van der Waals surface area contributed by atoms with Crippen LogP contribution in [0.2, 0.25) is 0 Å². The van der Waals surface area contributed by atoms with Gasteiger partial charge in [0.1, 0.15) is 0 Å². The van der Waals surface area contributed by atoms with E-state index in [9.17, 15) is 4.79 Å². The minimum Gasteiger partial charge on any atom is -0.478 e. The van der Waals surface area contributed by atoms with Crippen LogP contribution in [0.5, 0.6) is 0 Å². The Hall–Kier alpha value is -2.24. The Balaban J connectivity index is 0. The van der Waals surface area contributed by atoms with Gasteiger partial charge in [0.2, 0.25) is 0 Å². The molecule has 268 valence electrons. The van der Waals surface area contributed by atoms with E-state index in [1.807, 2.05) is 27.7 Å². The van der Waals surface area contributed by atoms with Crippen molar-refractivity contribution in [3.63, 3.8) is 0 Å². The van der Waals surface area contributed by atoms with Crippen LogP contribution in [0, 0.1) is 24.2 Å². The second-order valence-corrected chi connectivity index (χ2v) is 14.4. The number of hydrogen-bond donors (Lipinski definition) is 2. The van der Waals surface area contributed by atoms with E-state index in [0.717, 1.165) is 0 Å². The summed E-state index contributed by atoms with van der Waals surface area (Å²) in [5.74, 6) is 4.96. The summed E-state index contributed by atoms with van der Waals surface area (Å²) in [5, 5.41) is 8.43. The van der Waals surface area contributed by atoms with Gasteiger partial charge in [0.15, 0.2) is 0 Å². The lowest BCUT2D eigenvalue weighted by Gasteiger charge is -2.32. The first-order valence-corrected chi connectivity index (χ1v) is 17.1. The maximum absolute atomic E-state index is 10.3. The number of benzene rings is 1. The van der Waals surface area contributed by atoms with Crippen LogP contribution in [-0.2, 0) is 18.6 Å². The van der Waals surface area contributed by atoms with Crippen molar-refractivity contribution in [2.75, 3.05) is 5.73 Å². The highest BCUT2D eigenvalue weighted by atomic mass is 16.7. The fraction of sp³-hybridized carbons (Fsp3) is 0.711. The number of anilines is 1. The van der Waals surface area contributed by atoms with E-state index >= 15 is 0 Å². The third-order valence-electron chi connectivity index (χ3n) is 9.10. The molecule has 0 saturated carbocycles. The summed E-state index contributed by atoms with van der Waals surface area (Å²) in [6.45, 7) is 25.3. The molecule has 7 nitrogen and oxygen atoms in total. The van der Waals surface area contributed by atoms with Crippen molar-refractivity contribution in [2.45, 2.75) is 164 Å². The Bertz CT molecular complexity index is 1030. The number of terminal acetylenes is 1. The quantitative estimate of drug-likeness (QED) is 0.106. The number of carboxylic acids is 1. The first-order valence-electron chi connectivity index (χ1n) is 17.1. The molecule has 2 aliphatic rings. The van der Waals surface area contributed by atoms with Crippen molar-refractivity contribution in [3.8, 4) is 12.3 Å². The molecule has 2 atom stereocenters. The van der Waals surface area contributed by atoms with E-state index in [1.165, 1.54) is 63.5 Å². The largest absolute Gasteiger partial charge is 0.486 e. The highest BCUT2D eigenvalue weighted by molar-refractivity contribution is 6.51. The topological polar surface area (TPSA) is 100 Å². The lowest BCUT2D eigenvalue weighted by Crippen LogP contribution is -2.41. The smallest absolute Gasteiger partial charge is 0.478 e. The fourth-order valence-corrected chi connectivity index (χ4v) is 4.14. The Morgan fingerprint density at radius 3 is 1.68 bits per heavy atom. The summed E-state index contributed by atoms with van der Waals surface area (Å²) in [6.07, 6.45) is 17.7. The van der Waals surface area contributed by atoms with Gasteiger partial charge in [-0.25, -0.2) is 4.79 Å². The van der Waals surface area contributed by atoms with Crippen LogP contribution in [0.3, 0.4) is 0 Å². The number of allylic oxidation sites excluding steroid dienone is 1. The molecule has 9 heteroatoms. The van der Waals surface area contributed by atoms with Gasteiger partial charge in [0.05, 0.1) is 28.0 Å². The van der Waals surface area contributed by atoms with E-state index < -0.39 is 5.97 Å². The van der Waals surface area contributed by atoms with Crippen LogP contribution < -0.4 is 5.73 Å². The minimum absolute atomic E-state index is 0. The van der Waals surface area contributed by atoms with Gasteiger partial charge in [-0.1, -0.05) is 85.7 Å². The van der Waals surface area contributed by atoms with E-state index in [1.54, 1.807) is 12.1 Å². The molecule has 0 aliphatic carbocycles. The molecule has 0 unspecified atom stereocenters. The number of nitrogen functional groups attached to an aromatic ring is 1. The van der Waals surface area contributed by atoms with Crippen LogP contribution in [-0.4, -0.2) is 48.3 Å². The van der Waals surface area contributed by atoms with Crippen LogP contribution in [0.25, 0.3) is 0 Å². The molecular formula is C38H69B2NO6. The van der Waals surface area contributed by atoms with Gasteiger partial charge >= 0.3 is 20.8 Å². The summed E-state index contributed by atoms with van der Waals surface area (Å²) in [5.41, 5.74) is 5.45. The highest BCUT2D eigenvalue weighted by Crippen LogP contribution is 2.37. The molecule has 47 heavy (non-hydrogen) atoms. The molecule has 0 radical (unpaired) electrons. The average Bonchev–Trinajstić information content (AvgIpc) is 3.34. The number of aromatic carboxylic acids is 1. The maximum atomic E-state index is 10.3. The normalized spacial score (nSPS) is 19.2. The SMILES string of the molecule is C.C#C[C@@H](C)CCCCC.CC1(C)OBOC1(C)C.CCCCC[C@H](C)/C=C/B1OC(C)(C)C(C)(C)O1.Nc1ccc(C(=O)O)cc1. The second kappa shape index (κ2) is 22.4. The molecule has 0 aromatic heterocycles. The van der Waals surface area contributed by atoms with Crippen LogP contribution in [0.1, 0.15) is 152 Å². The number of hydrogen-bond acceptors (Lipinski definition) is 6. The Morgan fingerprint density at radius 1 is 0.872 bits per heavy atom. The number of carboxylic acid groups (broad SMARTS) is 1. The van der Waals surface area contributed by atoms with E-state index in [-0.39, 0.29) is 42.5 Å². The van der Waals surface area contributed by atoms with E-state index in [0.29, 0.717) is 25.2 Å². The van der Waals surface area contributed by atoms with Gasteiger partial charge in [-0.05, 0) is 98.4 Å². The lowest BCUT2D eigenvalue weighted by molar-refractivity contribution is 0.00578. The average molecular weight is 658 g/mol. The summed E-state index contributed by atoms with van der Waals surface area (Å²) >= 11 is 0. The molecule has 0 amide bonds.